The lowest BCUT2D eigenvalue weighted by atomic mass is 9.90. The molecule has 8 heteroatoms. The van der Waals surface area contributed by atoms with E-state index in [1.807, 2.05) is 42.5 Å². The average molecular weight is 475 g/mol. The Bertz CT molecular complexity index is 1290. The Morgan fingerprint density at radius 2 is 1.97 bits per heavy atom. The number of benzene rings is 2. The summed E-state index contributed by atoms with van der Waals surface area (Å²) in [6.45, 7) is 5.35. The van der Waals surface area contributed by atoms with Gasteiger partial charge >= 0.3 is 6.03 Å². The second kappa shape index (κ2) is 8.68. The number of aromatic nitrogens is 1. The number of carbonyl (C=O) groups excluding carboxylic acids is 3. The van der Waals surface area contributed by atoms with E-state index in [2.05, 4.69) is 16.9 Å². The number of imide groups is 1. The normalized spacial score (nSPS) is 19.7. The van der Waals surface area contributed by atoms with Gasteiger partial charge < -0.3 is 5.32 Å². The second-order valence-electron chi connectivity index (χ2n) is 8.87. The number of anilines is 1. The van der Waals surface area contributed by atoms with Crippen molar-refractivity contribution in [2.45, 2.75) is 38.1 Å². The predicted octanol–water partition coefficient (Wildman–Crippen LogP) is 4.16. The summed E-state index contributed by atoms with van der Waals surface area (Å²) in [5.74, 6) is -0.810. The maximum atomic E-state index is 13.4. The first-order valence-electron chi connectivity index (χ1n) is 11.4. The van der Waals surface area contributed by atoms with Gasteiger partial charge in [-0.15, -0.1) is 17.9 Å². The van der Waals surface area contributed by atoms with E-state index in [-0.39, 0.29) is 19.0 Å². The summed E-state index contributed by atoms with van der Waals surface area (Å²) < 4.78 is 0. The molecule has 0 spiro atoms. The van der Waals surface area contributed by atoms with E-state index in [9.17, 15) is 14.4 Å². The van der Waals surface area contributed by atoms with Gasteiger partial charge in [-0.1, -0.05) is 42.5 Å². The molecule has 1 aliphatic heterocycles. The number of thiazole rings is 1. The summed E-state index contributed by atoms with van der Waals surface area (Å²) in [6, 6.07) is 12.9. The minimum atomic E-state index is -1.25. The van der Waals surface area contributed by atoms with Gasteiger partial charge in [0.25, 0.3) is 5.91 Å². The number of hydrogen-bond donors (Lipinski definition) is 1. The van der Waals surface area contributed by atoms with Crippen molar-refractivity contribution in [1.29, 1.82) is 0 Å². The molecule has 1 N–H and O–H groups in total. The van der Waals surface area contributed by atoms with Gasteiger partial charge in [-0.2, -0.15) is 0 Å². The van der Waals surface area contributed by atoms with Crippen molar-refractivity contribution in [3.05, 3.63) is 71.3 Å². The summed E-state index contributed by atoms with van der Waals surface area (Å²) in [7, 11) is 0. The second-order valence-corrected chi connectivity index (χ2v) is 9.94. The predicted molar refractivity (Wildman–Crippen MR) is 133 cm³/mol. The third-order valence-electron chi connectivity index (χ3n) is 6.57. The molecule has 1 saturated heterocycles. The zero-order chi connectivity index (χ0) is 23.9. The molecule has 1 unspecified atom stereocenters. The molecule has 0 saturated carbocycles. The van der Waals surface area contributed by atoms with Crippen molar-refractivity contribution < 1.29 is 14.4 Å². The number of hydrogen-bond acceptors (Lipinski definition) is 5. The first-order chi connectivity index (χ1) is 16.4. The molecule has 2 aliphatic rings. The lowest BCUT2D eigenvalue weighted by Gasteiger charge is -2.24. The lowest BCUT2D eigenvalue weighted by molar-refractivity contribution is -0.134. The molecule has 1 fully saturated rings. The van der Waals surface area contributed by atoms with Gasteiger partial charge in [-0.3, -0.25) is 19.4 Å². The summed E-state index contributed by atoms with van der Waals surface area (Å²) in [5, 5.41) is 5.42. The van der Waals surface area contributed by atoms with Crippen molar-refractivity contribution >= 4 is 45.1 Å². The fourth-order valence-corrected chi connectivity index (χ4v) is 5.80. The zero-order valence-electron chi connectivity index (χ0n) is 19.0. The highest BCUT2D eigenvalue weighted by molar-refractivity contribution is 7.16. The quantitative estimate of drug-likeness (QED) is 0.430. The van der Waals surface area contributed by atoms with Crippen LogP contribution < -0.4 is 10.2 Å². The molecule has 7 nitrogen and oxygen atoms in total. The summed E-state index contributed by atoms with van der Waals surface area (Å²) in [6.07, 6.45) is 5.74. The van der Waals surface area contributed by atoms with Crippen molar-refractivity contribution in [3.63, 3.8) is 0 Å². The summed E-state index contributed by atoms with van der Waals surface area (Å²) in [5.41, 5.74) is 0.479. The molecule has 5 rings (SSSR count). The number of carbonyl (C=O) groups is 3. The molecule has 4 amide bonds. The van der Waals surface area contributed by atoms with Crippen LogP contribution in [0, 0.1) is 0 Å². The molecule has 2 aromatic carbocycles. The maximum absolute atomic E-state index is 13.4. The SMILES string of the molecule is C=CCN(C(=O)CN1C(=O)NC(C)(c2ccc3ccccc3c2)C1=O)c1nc2c(s1)CCCC2. The van der Waals surface area contributed by atoms with E-state index < -0.39 is 17.5 Å². The lowest BCUT2D eigenvalue weighted by Crippen LogP contribution is -2.44. The summed E-state index contributed by atoms with van der Waals surface area (Å²) in [4.78, 5) is 48.0. The fourth-order valence-electron chi connectivity index (χ4n) is 4.63. The van der Waals surface area contributed by atoms with Crippen LogP contribution in [0.5, 0.6) is 0 Å². The Balaban J connectivity index is 1.39. The number of fused-ring (bicyclic) bond motifs is 2. The number of nitrogens with one attached hydrogen (secondary N) is 1. The molecule has 1 aromatic heterocycles. The van der Waals surface area contributed by atoms with Crippen molar-refractivity contribution in [2.75, 3.05) is 18.0 Å². The largest absolute Gasteiger partial charge is 0.325 e. The minimum absolute atomic E-state index is 0.261. The molecule has 3 aromatic rings. The van der Waals surface area contributed by atoms with Gasteiger partial charge in [-0.05, 0) is 55.0 Å². The van der Waals surface area contributed by atoms with E-state index in [0.717, 1.165) is 47.0 Å². The van der Waals surface area contributed by atoms with E-state index in [4.69, 9.17) is 0 Å². The molecule has 2 heterocycles. The first-order valence-corrected chi connectivity index (χ1v) is 12.3. The number of rotatable bonds is 6. The number of nitrogens with zero attached hydrogens (tertiary/aromatic N) is 3. The third-order valence-corrected chi connectivity index (χ3v) is 7.75. The zero-order valence-corrected chi connectivity index (χ0v) is 19.9. The molecule has 1 aliphatic carbocycles. The topological polar surface area (TPSA) is 82.6 Å². The highest BCUT2D eigenvalue weighted by Gasteiger charge is 2.50. The fraction of sp³-hybridized carbons (Fsp3) is 0.308. The van der Waals surface area contributed by atoms with E-state index >= 15 is 0 Å². The van der Waals surface area contributed by atoms with Crippen LogP contribution in [0.4, 0.5) is 9.93 Å². The number of aryl methyl sites for hydroxylation is 2. The van der Waals surface area contributed by atoms with E-state index in [1.165, 1.54) is 21.1 Å². The van der Waals surface area contributed by atoms with Crippen molar-refractivity contribution in [1.82, 2.24) is 15.2 Å². The van der Waals surface area contributed by atoms with Crippen LogP contribution in [0.3, 0.4) is 0 Å². The number of urea groups is 1. The van der Waals surface area contributed by atoms with Crippen LogP contribution in [-0.4, -0.2) is 40.8 Å². The molecular formula is C26H26N4O3S. The van der Waals surface area contributed by atoms with Gasteiger partial charge in [0.15, 0.2) is 5.13 Å². The Morgan fingerprint density at radius 1 is 1.21 bits per heavy atom. The van der Waals surface area contributed by atoms with Crippen molar-refractivity contribution in [3.8, 4) is 0 Å². The van der Waals surface area contributed by atoms with Crippen LogP contribution >= 0.6 is 11.3 Å². The van der Waals surface area contributed by atoms with Gasteiger partial charge in [0, 0.05) is 11.4 Å². The molecule has 0 bridgehead atoms. The van der Waals surface area contributed by atoms with Gasteiger partial charge in [0.1, 0.15) is 12.1 Å². The minimum Gasteiger partial charge on any atom is -0.319 e. The Labute approximate surface area is 202 Å². The van der Waals surface area contributed by atoms with Crippen LogP contribution in [0.25, 0.3) is 10.8 Å². The van der Waals surface area contributed by atoms with Crippen LogP contribution in [0.1, 0.15) is 35.9 Å². The molecule has 34 heavy (non-hydrogen) atoms. The third kappa shape index (κ3) is 3.77. The first kappa shape index (κ1) is 22.3. The molecule has 174 valence electrons. The highest BCUT2D eigenvalue weighted by atomic mass is 32.1. The van der Waals surface area contributed by atoms with Gasteiger partial charge in [0.05, 0.1) is 5.69 Å². The Hall–Kier alpha value is -3.52. The van der Waals surface area contributed by atoms with Crippen molar-refractivity contribution in [2.24, 2.45) is 0 Å². The molecule has 1 atom stereocenters. The Kier molecular flexibility index (Phi) is 5.69. The standard InChI is InChI=1S/C26H26N4O3S/c1-3-14-29(25-27-20-10-6-7-11-21(20)34-25)22(31)16-30-23(32)26(2,28-24(30)33)19-13-12-17-8-4-5-9-18(17)15-19/h3-5,8-9,12-13,15H,1,6-7,10-11,14,16H2,2H3,(H,28,33). The van der Waals surface area contributed by atoms with E-state index in [0.29, 0.717) is 10.7 Å². The highest BCUT2D eigenvalue weighted by Crippen LogP contribution is 2.33. The number of amides is 4. The monoisotopic (exact) mass is 474 g/mol. The van der Waals surface area contributed by atoms with Gasteiger partial charge in [-0.25, -0.2) is 9.78 Å². The van der Waals surface area contributed by atoms with E-state index in [1.54, 1.807) is 13.0 Å². The smallest absolute Gasteiger partial charge is 0.319 e. The van der Waals surface area contributed by atoms with Crippen LogP contribution in [-0.2, 0) is 28.0 Å². The summed E-state index contributed by atoms with van der Waals surface area (Å²) >= 11 is 1.51. The molecular weight excluding hydrogens is 448 g/mol. The maximum Gasteiger partial charge on any atom is 0.325 e. The van der Waals surface area contributed by atoms with Crippen LogP contribution in [0.2, 0.25) is 0 Å². The van der Waals surface area contributed by atoms with Crippen LogP contribution in [0.15, 0.2) is 55.1 Å². The Morgan fingerprint density at radius 3 is 2.74 bits per heavy atom. The average Bonchev–Trinajstić information content (AvgIpc) is 3.37. The van der Waals surface area contributed by atoms with Gasteiger partial charge in [0.2, 0.25) is 5.91 Å². The molecule has 0 radical (unpaired) electrons.